The van der Waals surface area contributed by atoms with E-state index in [1.54, 1.807) is 6.07 Å². The van der Waals surface area contributed by atoms with Gasteiger partial charge in [-0.15, -0.1) is 0 Å². The van der Waals surface area contributed by atoms with Crippen LogP contribution < -0.4 is 10.6 Å². The van der Waals surface area contributed by atoms with Gasteiger partial charge in [0, 0.05) is 17.6 Å². The summed E-state index contributed by atoms with van der Waals surface area (Å²) in [7, 11) is 0. The van der Waals surface area contributed by atoms with Gasteiger partial charge in [-0.05, 0) is 43.3 Å². The van der Waals surface area contributed by atoms with Crippen LogP contribution in [0.2, 0.25) is 0 Å². The second kappa shape index (κ2) is 7.49. The van der Waals surface area contributed by atoms with Crippen molar-refractivity contribution in [2.75, 3.05) is 10.6 Å². The first kappa shape index (κ1) is 18.4. The highest BCUT2D eigenvalue weighted by atomic mass is 19.4. The number of nitrogens with one attached hydrogen (secondary N) is 2. The number of benzene rings is 2. The number of carbonyl (C=O) groups excluding carboxylic acids is 1. The van der Waals surface area contributed by atoms with E-state index in [2.05, 4.69) is 15.6 Å². The molecule has 2 N–H and O–H groups in total. The quantitative estimate of drug-likeness (QED) is 0.645. The zero-order valence-corrected chi connectivity index (χ0v) is 14.3. The van der Waals surface area contributed by atoms with Crippen molar-refractivity contribution in [2.24, 2.45) is 0 Å². The first-order valence-electron chi connectivity index (χ1n) is 8.10. The third-order valence-corrected chi connectivity index (χ3v) is 3.81. The van der Waals surface area contributed by atoms with E-state index in [1.165, 1.54) is 30.5 Å². The van der Waals surface area contributed by atoms with Crippen LogP contribution in [0.5, 0.6) is 0 Å². The summed E-state index contributed by atoms with van der Waals surface area (Å²) in [6.45, 7) is 1.97. The monoisotopic (exact) mass is 371 g/mol. The van der Waals surface area contributed by atoms with Crippen LogP contribution in [0.25, 0.3) is 0 Å². The molecule has 0 aliphatic heterocycles. The molecule has 2 aromatic carbocycles. The zero-order valence-electron chi connectivity index (χ0n) is 14.3. The number of amides is 1. The number of nitrogens with zero attached hydrogens (tertiary/aromatic N) is 1. The second-order valence-corrected chi connectivity index (χ2v) is 5.92. The maximum atomic E-state index is 13.1. The molecule has 3 rings (SSSR count). The van der Waals surface area contributed by atoms with E-state index in [-0.39, 0.29) is 11.4 Å². The molecule has 0 bridgehead atoms. The average molecular weight is 371 g/mol. The van der Waals surface area contributed by atoms with E-state index >= 15 is 0 Å². The minimum Gasteiger partial charge on any atom is -0.355 e. The van der Waals surface area contributed by atoms with Gasteiger partial charge in [-0.1, -0.05) is 29.8 Å². The van der Waals surface area contributed by atoms with Crippen LogP contribution in [0.15, 0.2) is 66.9 Å². The molecule has 0 spiro atoms. The van der Waals surface area contributed by atoms with Crippen LogP contribution >= 0.6 is 0 Å². The molecule has 0 saturated carbocycles. The predicted molar refractivity (Wildman–Crippen MR) is 98.1 cm³/mol. The summed E-state index contributed by atoms with van der Waals surface area (Å²) in [5.74, 6) is -0.723. The summed E-state index contributed by atoms with van der Waals surface area (Å²) >= 11 is 0. The van der Waals surface area contributed by atoms with Gasteiger partial charge < -0.3 is 10.6 Å². The van der Waals surface area contributed by atoms with Crippen LogP contribution in [-0.2, 0) is 6.18 Å². The van der Waals surface area contributed by atoms with Gasteiger partial charge in [0.2, 0.25) is 0 Å². The largest absolute Gasteiger partial charge is 0.418 e. The number of pyridine rings is 1. The van der Waals surface area contributed by atoms with Crippen molar-refractivity contribution >= 4 is 23.0 Å². The minimum absolute atomic E-state index is 0.00379. The third-order valence-electron chi connectivity index (χ3n) is 3.81. The summed E-state index contributed by atoms with van der Waals surface area (Å²) < 4.78 is 39.2. The Bertz CT molecular complexity index is 953. The standard InChI is InChI=1S/C20H16F3N3O/c1-13-6-8-14(9-7-13)25-15-10-11-24-18(12-15)19(27)26-17-5-3-2-4-16(17)20(21,22)23/h2-12H,1H3,(H,24,25)(H,26,27). The van der Waals surface area contributed by atoms with E-state index in [4.69, 9.17) is 0 Å². The van der Waals surface area contributed by atoms with Crippen molar-refractivity contribution in [3.63, 3.8) is 0 Å². The Kier molecular flexibility index (Phi) is 5.12. The highest BCUT2D eigenvalue weighted by molar-refractivity contribution is 6.03. The molecule has 0 aliphatic carbocycles. The summed E-state index contributed by atoms with van der Waals surface area (Å²) in [4.78, 5) is 16.3. The Hall–Kier alpha value is -3.35. The highest BCUT2D eigenvalue weighted by Crippen LogP contribution is 2.34. The zero-order chi connectivity index (χ0) is 19.4. The van der Waals surface area contributed by atoms with Crippen molar-refractivity contribution < 1.29 is 18.0 Å². The summed E-state index contributed by atoms with van der Waals surface area (Å²) in [5, 5.41) is 5.41. The molecule has 1 aromatic heterocycles. The number of halogens is 3. The fourth-order valence-electron chi connectivity index (χ4n) is 2.46. The maximum absolute atomic E-state index is 13.1. The van der Waals surface area contributed by atoms with Crippen molar-refractivity contribution in [1.82, 2.24) is 4.98 Å². The Labute approximate surface area is 154 Å². The molecular formula is C20H16F3N3O. The van der Waals surface area contributed by atoms with Gasteiger partial charge in [0.05, 0.1) is 11.3 Å². The maximum Gasteiger partial charge on any atom is 0.418 e. The molecule has 0 radical (unpaired) electrons. The molecule has 0 saturated heterocycles. The van der Waals surface area contributed by atoms with Gasteiger partial charge >= 0.3 is 6.18 Å². The Morgan fingerprint density at radius 3 is 2.37 bits per heavy atom. The average Bonchev–Trinajstić information content (AvgIpc) is 2.63. The third kappa shape index (κ3) is 4.63. The number of aromatic nitrogens is 1. The van der Waals surface area contributed by atoms with Gasteiger partial charge in [-0.2, -0.15) is 13.2 Å². The van der Waals surface area contributed by atoms with Crippen LogP contribution in [0.4, 0.5) is 30.2 Å². The SMILES string of the molecule is Cc1ccc(Nc2ccnc(C(=O)Nc3ccccc3C(F)(F)F)c2)cc1. The molecule has 0 fully saturated rings. The van der Waals surface area contributed by atoms with Gasteiger partial charge in [0.1, 0.15) is 5.69 Å². The van der Waals surface area contributed by atoms with E-state index in [1.807, 2.05) is 31.2 Å². The Balaban J connectivity index is 1.79. The van der Waals surface area contributed by atoms with E-state index in [9.17, 15) is 18.0 Å². The van der Waals surface area contributed by atoms with Crippen molar-refractivity contribution in [1.29, 1.82) is 0 Å². The predicted octanol–water partition coefficient (Wildman–Crippen LogP) is 5.40. The number of para-hydroxylation sites is 1. The van der Waals surface area contributed by atoms with Gasteiger partial charge in [0.25, 0.3) is 5.91 Å². The summed E-state index contributed by atoms with van der Waals surface area (Å²) in [6.07, 6.45) is -3.15. The number of aryl methyl sites for hydroxylation is 1. The first-order chi connectivity index (χ1) is 12.8. The number of rotatable bonds is 4. The number of alkyl halides is 3. The lowest BCUT2D eigenvalue weighted by atomic mass is 10.1. The highest BCUT2D eigenvalue weighted by Gasteiger charge is 2.33. The molecule has 138 valence electrons. The van der Waals surface area contributed by atoms with E-state index < -0.39 is 17.6 Å². The van der Waals surface area contributed by atoms with E-state index in [0.717, 1.165) is 17.3 Å². The molecule has 27 heavy (non-hydrogen) atoms. The van der Waals surface area contributed by atoms with Crippen LogP contribution in [0, 0.1) is 6.92 Å². The van der Waals surface area contributed by atoms with Crippen LogP contribution in [-0.4, -0.2) is 10.9 Å². The fourth-order valence-corrected chi connectivity index (χ4v) is 2.46. The molecule has 4 nitrogen and oxygen atoms in total. The smallest absolute Gasteiger partial charge is 0.355 e. The minimum atomic E-state index is -4.56. The topological polar surface area (TPSA) is 54.0 Å². The number of hydrogen-bond donors (Lipinski definition) is 2. The lowest BCUT2D eigenvalue weighted by molar-refractivity contribution is -0.136. The number of hydrogen-bond acceptors (Lipinski definition) is 3. The Morgan fingerprint density at radius 2 is 1.67 bits per heavy atom. The first-order valence-corrected chi connectivity index (χ1v) is 8.10. The van der Waals surface area contributed by atoms with Gasteiger partial charge in [-0.3, -0.25) is 9.78 Å². The van der Waals surface area contributed by atoms with Crippen LogP contribution in [0.3, 0.4) is 0 Å². The number of anilines is 3. The molecular weight excluding hydrogens is 355 g/mol. The molecule has 0 aliphatic rings. The molecule has 1 amide bonds. The van der Waals surface area contributed by atoms with Gasteiger partial charge in [-0.25, -0.2) is 0 Å². The van der Waals surface area contributed by atoms with Crippen molar-refractivity contribution in [3.8, 4) is 0 Å². The molecule has 1 heterocycles. The molecule has 0 unspecified atom stereocenters. The van der Waals surface area contributed by atoms with Crippen molar-refractivity contribution in [2.45, 2.75) is 13.1 Å². The lowest BCUT2D eigenvalue weighted by Gasteiger charge is -2.13. The van der Waals surface area contributed by atoms with Crippen molar-refractivity contribution in [3.05, 3.63) is 83.7 Å². The molecule has 7 heteroatoms. The summed E-state index contributed by atoms with van der Waals surface area (Å²) in [6, 6.07) is 15.6. The molecule has 3 aromatic rings. The second-order valence-electron chi connectivity index (χ2n) is 5.92. The molecule has 0 atom stereocenters. The number of carbonyl (C=O) groups is 1. The lowest BCUT2D eigenvalue weighted by Crippen LogP contribution is -2.17. The van der Waals surface area contributed by atoms with Crippen LogP contribution in [0.1, 0.15) is 21.6 Å². The van der Waals surface area contributed by atoms with Gasteiger partial charge in [0.15, 0.2) is 0 Å². The normalized spacial score (nSPS) is 11.1. The fraction of sp³-hybridized carbons (Fsp3) is 0.100. The van der Waals surface area contributed by atoms with E-state index in [0.29, 0.717) is 5.69 Å². The summed E-state index contributed by atoms with van der Waals surface area (Å²) in [5.41, 5.74) is 1.31. The Morgan fingerprint density at radius 1 is 0.963 bits per heavy atom.